The van der Waals surface area contributed by atoms with E-state index >= 15 is 0 Å². The maximum Gasteiger partial charge on any atom is 0.271 e. The highest BCUT2D eigenvalue weighted by molar-refractivity contribution is 5.93. The fourth-order valence-electron chi connectivity index (χ4n) is 3.77. The summed E-state index contributed by atoms with van der Waals surface area (Å²) in [5.41, 5.74) is 3.37. The SMILES string of the molecule is COc1cc(OC)cc(N2CCC(NC(=O)c3cn4c(C)cccc4n3)CC2)c1. The molecule has 3 aromatic rings. The maximum atomic E-state index is 12.7. The molecule has 4 rings (SSSR count). The van der Waals surface area contributed by atoms with Gasteiger partial charge < -0.3 is 24.1 Å². The van der Waals surface area contributed by atoms with Gasteiger partial charge in [0.15, 0.2) is 0 Å². The number of amides is 1. The minimum absolute atomic E-state index is 0.116. The van der Waals surface area contributed by atoms with Crippen LogP contribution in [0.3, 0.4) is 0 Å². The number of hydrogen-bond donors (Lipinski definition) is 1. The van der Waals surface area contributed by atoms with E-state index in [1.54, 1.807) is 20.4 Å². The van der Waals surface area contributed by atoms with Gasteiger partial charge in [-0.15, -0.1) is 0 Å². The number of fused-ring (bicyclic) bond motifs is 1. The number of aromatic nitrogens is 2. The summed E-state index contributed by atoms with van der Waals surface area (Å²) in [5.74, 6) is 1.43. The molecule has 1 fully saturated rings. The number of rotatable bonds is 5. The Balaban J connectivity index is 1.39. The number of ether oxygens (including phenoxy) is 2. The number of imidazole rings is 1. The van der Waals surface area contributed by atoms with Crippen molar-refractivity contribution in [3.05, 3.63) is 54.0 Å². The third kappa shape index (κ3) is 3.99. The molecular weight excluding hydrogens is 368 g/mol. The summed E-state index contributed by atoms with van der Waals surface area (Å²) in [6, 6.07) is 11.9. The van der Waals surface area contributed by atoms with E-state index in [1.165, 1.54) is 0 Å². The smallest absolute Gasteiger partial charge is 0.271 e. The third-order valence-corrected chi connectivity index (χ3v) is 5.46. The van der Waals surface area contributed by atoms with Crippen molar-refractivity contribution in [3.63, 3.8) is 0 Å². The number of carbonyl (C=O) groups is 1. The van der Waals surface area contributed by atoms with Gasteiger partial charge in [-0.1, -0.05) is 6.07 Å². The van der Waals surface area contributed by atoms with Crippen molar-refractivity contribution in [2.24, 2.45) is 0 Å². The van der Waals surface area contributed by atoms with Crippen molar-refractivity contribution in [1.29, 1.82) is 0 Å². The van der Waals surface area contributed by atoms with Gasteiger partial charge in [-0.05, 0) is 31.9 Å². The number of hydrogen-bond acceptors (Lipinski definition) is 5. The van der Waals surface area contributed by atoms with E-state index in [1.807, 2.05) is 47.7 Å². The summed E-state index contributed by atoms with van der Waals surface area (Å²) in [4.78, 5) is 19.4. The summed E-state index contributed by atoms with van der Waals surface area (Å²) in [7, 11) is 3.31. The van der Waals surface area contributed by atoms with E-state index in [9.17, 15) is 4.79 Å². The minimum Gasteiger partial charge on any atom is -0.497 e. The first-order valence-electron chi connectivity index (χ1n) is 9.81. The second kappa shape index (κ2) is 8.03. The molecule has 2 aromatic heterocycles. The van der Waals surface area contributed by atoms with Gasteiger partial charge in [0.05, 0.1) is 14.2 Å². The van der Waals surface area contributed by atoms with Crippen LogP contribution in [0.15, 0.2) is 42.6 Å². The minimum atomic E-state index is -0.116. The number of benzene rings is 1. The van der Waals surface area contributed by atoms with Gasteiger partial charge in [-0.2, -0.15) is 0 Å². The number of methoxy groups -OCH3 is 2. The normalized spacial score (nSPS) is 14.8. The van der Waals surface area contributed by atoms with Crippen molar-refractivity contribution in [1.82, 2.24) is 14.7 Å². The Morgan fingerprint density at radius 1 is 1.10 bits per heavy atom. The Morgan fingerprint density at radius 3 is 2.41 bits per heavy atom. The molecule has 7 nitrogen and oxygen atoms in total. The van der Waals surface area contributed by atoms with Crippen LogP contribution in [0.1, 0.15) is 29.0 Å². The number of nitrogens with one attached hydrogen (secondary N) is 1. The molecule has 1 amide bonds. The van der Waals surface area contributed by atoms with E-state index in [0.717, 1.165) is 54.5 Å². The number of anilines is 1. The van der Waals surface area contributed by atoms with E-state index in [2.05, 4.69) is 15.2 Å². The first-order valence-corrected chi connectivity index (χ1v) is 9.81. The lowest BCUT2D eigenvalue weighted by atomic mass is 10.0. The van der Waals surface area contributed by atoms with Crippen LogP contribution >= 0.6 is 0 Å². The van der Waals surface area contributed by atoms with E-state index < -0.39 is 0 Å². The molecule has 152 valence electrons. The lowest BCUT2D eigenvalue weighted by Crippen LogP contribution is -2.44. The number of pyridine rings is 1. The molecule has 0 saturated carbocycles. The highest BCUT2D eigenvalue weighted by atomic mass is 16.5. The first kappa shape index (κ1) is 19.1. The largest absolute Gasteiger partial charge is 0.497 e. The van der Waals surface area contributed by atoms with Crippen LogP contribution in [-0.4, -0.2) is 48.6 Å². The average Bonchev–Trinajstić information content (AvgIpc) is 3.20. The van der Waals surface area contributed by atoms with Gasteiger partial charge in [-0.3, -0.25) is 4.79 Å². The molecule has 29 heavy (non-hydrogen) atoms. The Morgan fingerprint density at radius 2 is 1.79 bits per heavy atom. The summed E-state index contributed by atoms with van der Waals surface area (Å²) >= 11 is 0. The molecule has 0 aliphatic carbocycles. The van der Waals surface area contributed by atoms with Crippen LogP contribution < -0.4 is 19.7 Å². The van der Waals surface area contributed by atoms with Crippen molar-refractivity contribution in [2.45, 2.75) is 25.8 Å². The zero-order chi connectivity index (χ0) is 20.4. The second-order valence-electron chi connectivity index (χ2n) is 7.33. The Kier molecular flexibility index (Phi) is 5.29. The van der Waals surface area contributed by atoms with Crippen molar-refractivity contribution < 1.29 is 14.3 Å². The molecular formula is C22H26N4O3. The van der Waals surface area contributed by atoms with Crippen molar-refractivity contribution in [2.75, 3.05) is 32.2 Å². The van der Waals surface area contributed by atoms with Gasteiger partial charge >= 0.3 is 0 Å². The van der Waals surface area contributed by atoms with Gasteiger partial charge in [0.1, 0.15) is 22.8 Å². The van der Waals surface area contributed by atoms with Crippen LogP contribution in [0.2, 0.25) is 0 Å². The molecule has 1 saturated heterocycles. The molecule has 1 aliphatic rings. The van der Waals surface area contributed by atoms with Crippen LogP contribution in [0.25, 0.3) is 5.65 Å². The summed E-state index contributed by atoms with van der Waals surface area (Å²) in [6.45, 7) is 3.71. The number of carbonyl (C=O) groups excluding carboxylic acids is 1. The Bertz CT molecular complexity index is 1000. The zero-order valence-electron chi connectivity index (χ0n) is 17.0. The molecule has 3 heterocycles. The van der Waals surface area contributed by atoms with Gasteiger partial charge in [-0.25, -0.2) is 4.98 Å². The summed E-state index contributed by atoms with van der Waals surface area (Å²) < 4.78 is 12.7. The molecule has 0 atom stereocenters. The van der Waals surface area contributed by atoms with Crippen LogP contribution in [-0.2, 0) is 0 Å². The Labute approximate surface area is 170 Å². The molecule has 1 aliphatic heterocycles. The number of aryl methyl sites for hydroxylation is 1. The van der Waals surface area contributed by atoms with Crippen molar-refractivity contribution in [3.8, 4) is 11.5 Å². The lowest BCUT2D eigenvalue weighted by molar-refractivity contribution is 0.0926. The molecule has 0 spiro atoms. The Hall–Kier alpha value is -3.22. The molecule has 0 radical (unpaired) electrons. The first-order chi connectivity index (χ1) is 14.1. The van der Waals surface area contributed by atoms with Gasteiger partial charge in [0, 0.05) is 54.9 Å². The molecule has 1 N–H and O–H groups in total. The predicted molar refractivity (Wildman–Crippen MR) is 112 cm³/mol. The van der Waals surface area contributed by atoms with E-state index in [-0.39, 0.29) is 11.9 Å². The van der Waals surface area contributed by atoms with Crippen LogP contribution in [0, 0.1) is 6.92 Å². The molecule has 0 bridgehead atoms. The van der Waals surface area contributed by atoms with E-state index in [0.29, 0.717) is 5.69 Å². The van der Waals surface area contributed by atoms with Crippen LogP contribution in [0.5, 0.6) is 11.5 Å². The quantitative estimate of drug-likeness (QED) is 0.720. The average molecular weight is 394 g/mol. The number of nitrogens with zero attached hydrogens (tertiary/aromatic N) is 3. The summed E-state index contributed by atoms with van der Waals surface area (Å²) in [6.07, 6.45) is 3.55. The fraction of sp³-hybridized carbons (Fsp3) is 0.364. The van der Waals surface area contributed by atoms with Crippen molar-refractivity contribution >= 4 is 17.2 Å². The number of piperidine rings is 1. The standard InChI is InChI=1S/C22H26N4O3/c1-15-5-4-6-21-24-20(14-26(15)21)22(27)23-16-7-9-25(10-8-16)17-11-18(28-2)13-19(12-17)29-3/h4-6,11-14,16H,7-10H2,1-3H3,(H,23,27). The fourth-order valence-corrected chi connectivity index (χ4v) is 3.77. The predicted octanol–water partition coefficient (Wildman–Crippen LogP) is 3.06. The lowest BCUT2D eigenvalue weighted by Gasteiger charge is -2.34. The van der Waals surface area contributed by atoms with Gasteiger partial charge in [0.25, 0.3) is 5.91 Å². The van der Waals surface area contributed by atoms with E-state index in [4.69, 9.17) is 9.47 Å². The third-order valence-electron chi connectivity index (χ3n) is 5.46. The van der Waals surface area contributed by atoms with Crippen LogP contribution in [0.4, 0.5) is 5.69 Å². The second-order valence-corrected chi connectivity index (χ2v) is 7.33. The summed E-state index contributed by atoms with van der Waals surface area (Å²) in [5, 5.41) is 3.14. The maximum absolute atomic E-state index is 12.7. The highest BCUT2D eigenvalue weighted by Crippen LogP contribution is 2.30. The highest BCUT2D eigenvalue weighted by Gasteiger charge is 2.23. The molecule has 7 heteroatoms. The molecule has 0 unspecified atom stereocenters. The molecule has 1 aromatic carbocycles. The topological polar surface area (TPSA) is 68.1 Å². The monoisotopic (exact) mass is 394 g/mol. The zero-order valence-corrected chi connectivity index (χ0v) is 17.0. The van der Waals surface area contributed by atoms with Gasteiger partial charge in [0.2, 0.25) is 0 Å².